The minimum atomic E-state index is -0.732. The van der Waals surface area contributed by atoms with Gasteiger partial charge in [-0.1, -0.05) is 6.42 Å². The quantitative estimate of drug-likeness (QED) is 0.726. The average Bonchev–Trinajstić information content (AvgIpc) is 3.03. The van der Waals surface area contributed by atoms with Gasteiger partial charge in [0.05, 0.1) is 5.92 Å². The van der Waals surface area contributed by atoms with Gasteiger partial charge >= 0.3 is 12.0 Å². The molecule has 2 rings (SSSR count). The Morgan fingerprint density at radius 2 is 2.10 bits per heavy atom. The Hall–Kier alpha value is -0.910. The standard InChI is InChI=1S/C14H24N2O3S/c1-14(6-3-7-20-14)9-16-13(19)15-8-10-4-2-5-11(10)12(17)18/h10-11H,2-9H2,1H3,(H,17,18)(H2,15,16,19). The third kappa shape index (κ3) is 4.04. The topological polar surface area (TPSA) is 78.4 Å². The molecule has 2 amide bonds. The Morgan fingerprint density at radius 3 is 2.75 bits per heavy atom. The number of urea groups is 1. The Bertz CT molecular complexity index is 369. The molecule has 6 heteroatoms. The number of nitrogens with one attached hydrogen (secondary N) is 2. The highest BCUT2D eigenvalue weighted by molar-refractivity contribution is 8.00. The molecule has 0 spiro atoms. The maximum absolute atomic E-state index is 11.8. The van der Waals surface area contributed by atoms with Gasteiger partial charge in [0.1, 0.15) is 0 Å². The van der Waals surface area contributed by atoms with Crippen LogP contribution in [0.4, 0.5) is 4.79 Å². The van der Waals surface area contributed by atoms with Crippen molar-refractivity contribution < 1.29 is 14.7 Å². The highest BCUT2D eigenvalue weighted by atomic mass is 32.2. The van der Waals surface area contributed by atoms with Gasteiger partial charge in [-0.15, -0.1) is 0 Å². The summed E-state index contributed by atoms with van der Waals surface area (Å²) in [4.78, 5) is 22.9. The lowest BCUT2D eigenvalue weighted by Crippen LogP contribution is -2.44. The van der Waals surface area contributed by atoms with Gasteiger partial charge in [0.15, 0.2) is 0 Å². The minimum absolute atomic E-state index is 0.0784. The fourth-order valence-electron chi connectivity index (χ4n) is 3.14. The van der Waals surface area contributed by atoms with Crippen LogP contribution in [-0.4, -0.2) is 40.7 Å². The van der Waals surface area contributed by atoms with Crippen LogP contribution in [0.25, 0.3) is 0 Å². The van der Waals surface area contributed by atoms with Crippen molar-refractivity contribution in [1.29, 1.82) is 0 Å². The Balaban J connectivity index is 1.68. The molecular weight excluding hydrogens is 276 g/mol. The summed E-state index contributed by atoms with van der Waals surface area (Å²) in [5.74, 6) is 0.222. The summed E-state index contributed by atoms with van der Waals surface area (Å²) in [6, 6.07) is -0.172. The van der Waals surface area contributed by atoms with Crippen molar-refractivity contribution in [3.63, 3.8) is 0 Å². The van der Waals surface area contributed by atoms with E-state index in [9.17, 15) is 9.59 Å². The van der Waals surface area contributed by atoms with E-state index in [0.717, 1.165) is 25.7 Å². The highest BCUT2D eigenvalue weighted by Gasteiger charge is 2.33. The van der Waals surface area contributed by atoms with Gasteiger partial charge in [-0.2, -0.15) is 11.8 Å². The highest BCUT2D eigenvalue weighted by Crippen LogP contribution is 2.37. The maximum atomic E-state index is 11.8. The van der Waals surface area contributed by atoms with Crippen LogP contribution < -0.4 is 10.6 Å². The van der Waals surface area contributed by atoms with E-state index < -0.39 is 5.97 Å². The lowest BCUT2D eigenvalue weighted by atomic mass is 9.96. The normalized spacial score (nSPS) is 33.0. The van der Waals surface area contributed by atoms with Gasteiger partial charge in [0, 0.05) is 17.8 Å². The monoisotopic (exact) mass is 300 g/mol. The molecule has 1 heterocycles. The number of hydrogen-bond donors (Lipinski definition) is 3. The van der Waals surface area contributed by atoms with Gasteiger partial charge < -0.3 is 15.7 Å². The second kappa shape index (κ2) is 6.70. The van der Waals surface area contributed by atoms with E-state index >= 15 is 0 Å². The summed E-state index contributed by atoms with van der Waals surface area (Å²) in [5.41, 5.74) is 0. The van der Waals surface area contributed by atoms with E-state index in [-0.39, 0.29) is 22.6 Å². The van der Waals surface area contributed by atoms with Crippen LogP contribution in [-0.2, 0) is 4.79 Å². The number of rotatable bonds is 5. The molecule has 0 aromatic rings. The van der Waals surface area contributed by atoms with Crippen molar-refractivity contribution in [3.05, 3.63) is 0 Å². The van der Waals surface area contributed by atoms with Gasteiger partial charge in [-0.05, 0) is 44.3 Å². The zero-order chi connectivity index (χ0) is 14.6. The third-order valence-corrected chi connectivity index (χ3v) is 5.96. The summed E-state index contributed by atoms with van der Waals surface area (Å²) in [6.45, 7) is 3.32. The fourth-order valence-corrected chi connectivity index (χ4v) is 4.38. The van der Waals surface area contributed by atoms with Gasteiger partial charge in [-0.3, -0.25) is 4.79 Å². The van der Waals surface area contributed by atoms with Crippen molar-refractivity contribution in [1.82, 2.24) is 10.6 Å². The van der Waals surface area contributed by atoms with Crippen molar-refractivity contribution in [3.8, 4) is 0 Å². The number of amides is 2. The zero-order valence-corrected chi connectivity index (χ0v) is 12.8. The largest absolute Gasteiger partial charge is 0.481 e. The maximum Gasteiger partial charge on any atom is 0.314 e. The van der Waals surface area contributed by atoms with Crippen molar-refractivity contribution >= 4 is 23.8 Å². The number of thioether (sulfide) groups is 1. The van der Waals surface area contributed by atoms with Crippen molar-refractivity contribution in [2.24, 2.45) is 11.8 Å². The predicted molar refractivity (Wildman–Crippen MR) is 80.0 cm³/mol. The second-order valence-corrected chi connectivity index (χ2v) is 7.78. The van der Waals surface area contributed by atoms with E-state index in [4.69, 9.17) is 5.11 Å². The first-order chi connectivity index (χ1) is 9.50. The third-order valence-electron chi connectivity index (χ3n) is 4.42. The van der Waals surface area contributed by atoms with E-state index in [1.807, 2.05) is 11.8 Å². The van der Waals surface area contributed by atoms with E-state index in [1.54, 1.807) is 0 Å². The van der Waals surface area contributed by atoms with E-state index in [1.165, 1.54) is 12.2 Å². The minimum Gasteiger partial charge on any atom is -0.481 e. The van der Waals surface area contributed by atoms with Crippen LogP contribution in [0.5, 0.6) is 0 Å². The summed E-state index contributed by atoms with van der Waals surface area (Å²) in [5, 5.41) is 14.8. The Morgan fingerprint density at radius 1 is 1.30 bits per heavy atom. The molecule has 3 atom stereocenters. The van der Waals surface area contributed by atoms with Gasteiger partial charge in [-0.25, -0.2) is 4.79 Å². The molecule has 1 aliphatic heterocycles. The fraction of sp³-hybridized carbons (Fsp3) is 0.857. The molecule has 3 N–H and O–H groups in total. The van der Waals surface area contributed by atoms with Crippen LogP contribution >= 0.6 is 11.8 Å². The molecule has 1 saturated carbocycles. The van der Waals surface area contributed by atoms with Crippen molar-refractivity contribution in [2.45, 2.75) is 43.8 Å². The first-order valence-corrected chi connectivity index (χ1v) is 8.37. The molecule has 3 unspecified atom stereocenters. The Labute approximate surface area is 124 Å². The molecule has 0 aromatic carbocycles. The molecular formula is C14H24N2O3S. The number of aliphatic carboxylic acids is 1. The summed E-state index contributed by atoms with van der Waals surface area (Å²) in [7, 11) is 0. The van der Waals surface area contributed by atoms with E-state index in [2.05, 4.69) is 17.6 Å². The molecule has 0 bridgehead atoms. The summed E-state index contributed by atoms with van der Waals surface area (Å²) in [6.07, 6.45) is 4.93. The predicted octanol–water partition coefficient (Wildman–Crippen LogP) is 2.07. The molecule has 0 radical (unpaired) electrons. The molecule has 1 aliphatic carbocycles. The van der Waals surface area contributed by atoms with Crippen LogP contribution in [0, 0.1) is 11.8 Å². The first kappa shape index (κ1) is 15.5. The number of carbonyl (C=O) groups is 2. The molecule has 1 saturated heterocycles. The van der Waals surface area contributed by atoms with Crippen LogP contribution in [0.2, 0.25) is 0 Å². The Kier molecular flexibility index (Phi) is 5.18. The molecule has 2 aliphatic rings. The second-order valence-electron chi connectivity index (χ2n) is 6.10. The van der Waals surface area contributed by atoms with Crippen LogP contribution in [0.3, 0.4) is 0 Å². The number of carboxylic acid groups (broad SMARTS) is 1. The average molecular weight is 300 g/mol. The number of carbonyl (C=O) groups excluding carboxylic acids is 1. The number of carboxylic acids is 1. The lowest BCUT2D eigenvalue weighted by Gasteiger charge is -2.23. The van der Waals surface area contributed by atoms with Gasteiger partial charge in [0.25, 0.3) is 0 Å². The van der Waals surface area contributed by atoms with Crippen molar-refractivity contribution in [2.75, 3.05) is 18.8 Å². The molecule has 114 valence electrons. The molecule has 20 heavy (non-hydrogen) atoms. The molecule has 5 nitrogen and oxygen atoms in total. The van der Waals surface area contributed by atoms with Crippen LogP contribution in [0.1, 0.15) is 39.0 Å². The summed E-state index contributed by atoms with van der Waals surface area (Å²) >= 11 is 1.91. The molecule has 0 aromatic heterocycles. The first-order valence-electron chi connectivity index (χ1n) is 7.39. The van der Waals surface area contributed by atoms with Crippen LogP contribution in [0.15, 0.2) is 0 Å². The summed E-state index contributed by atoms with van der Waals surface area (Å²) < 4.78 is 0.161. The number of hydrogen-bond acceptors (Lipinski definition) is 3. The molecule has 2 fully saturated rings. The lowest BCUT2D eigenvalue weighted by molar-refractivity contribution is -0.142. The zero-order valence-electron chi connectivity index (χ0n) is 12.0. The SMILES string of the molecule is CC1(CNC(=O)NCC2CCCC2C(=O)O)CCCS1. The smallest absolute Gasteiger partial charge is 0.314 e. The van der Waals surface area contributed by atoms with Gasteiger partial charge in [0.2, 0.25) is 0 Å². The van der Waals surface area contributed by atoms with E-state index in [0.29, 0.717) is 13.1 Å².